The van der Waals surface area contributed by atoms with Crippen molar-refractivity contribution in [3.63, 3.8) is 0 Å². The van der Waals surface area contributed by atoms with Crippen LogP contribution in [-0.2, 0) is 9.47 Å². The first kappa shape index (κ1) is 17.1. The van der Waals surface area contributed by atoms with E-state index in [0.29, 0.717) is 6.04 Å². The molecular weight excluding hydrogens is 280 g/mol. The van der Waals surface area contributed by atoms with Crippen LogP contribution in [0.3, 0.4) is 0 Å². The fraction of sp³-hybridized carbons (Fsp3) is 0.824. The first-order chi connectivity index (χ1) is 10.3. The van der Waals surface area contributed by atoms with E-state index < -0.39 is 5.60 Å². The van der Waals surface area contributed by atoms with Gasteiger partial charge in [-0.3, -0.25) is 0 Å². The number of amides is 1. The number of allylic oxidation sites excluding steroid dienone is 1. The molecule has 2 heterocycles. The molecule has 0 aliphatic carbocycles. The molecule has 1 fully saturated rings. The molecule has 2 aliphatic heterocycles. The van der Waals surface area contributed by atoms with Gasteiger partial charge in [-0.05, 0) is 59.5 Å². The molecule has 0 bridgehead atoms. The third-order valence-electron chi connectivity index (χ3n) is 4.16. The van der Waals surface area contributed by atoms with E-state index >= 15 is 0 Å². The number of ether oxygens (including phenoxy) is 2. The number of piperidine rings is 1. The van der Waals surface area contributed by atoms with Gasteiger partial charge in [0.05, 0.1) is 6.26 Å². The quantitative estimate of drug-likeness (QED) is 0.870. The van der Waals surface area contributed by atoms with Gasteiger partial charge < -0.3 is 19.7 Å². The molecule has 2 aliphatic rings. The third kappa shape index (κ3) is 5.20. The van der Waals surface area contributed by atoms with Crippen molar-refractivity contribution in [3.8, 4) is 0 Å². The molecule has 0 radical (unpaired) electrons. The van der Waals surface area contributed by atoms with Crippen LogP contribution < -0.4 is 5.32 Å². The number of hydrogen-bond acceptors (Lipinski definition) is 4. The molecule has 2 rings (SSSR count). The molecule has 22 heavy (non-hydrogen) atoms. The van der Waals surface area contributed by atoms with Crippen molar-refractivity contribution in [2.75, 3.05) is 13.1 Å². The zero-order valence-electron chi connectivity index (χ0n) is 14.3. The van der Waals surface area contributed by atoms with Crippen molar-refractivity contribution in [2.24, 2.45) is 0 Å². The Morgan fingerprint density at radius 3 is 2.77 bits per heavy atom. The van der Waals surface area contributed by atoms with E-state index in [1.807, 2.05) is 31.9 Å². The van der Waals surface area contributed by atoms with E-state index in [0.717, 1.165) is 38.8 Å². The fourth-order valence-corrected chi connectivity index (χ4v) is 2.98. The van der Waals surface area contributed by atoms with Gasteiger partial charge in [-0.1, -0.05) is 0 Å². The number of nitrogens with one attached hydrogen (secondary N) is 1. The predicted octanol–water partition coefficient (Wildman–Crippen LogP) is 3.06. The first-order valence-corrected chi connectivity index (χ1v) is 8.38. The maximum Gasteiger partial charge on any atom is 0.410 e. The minimum Gasteiger partial charge on any atom is -0.497 e. The average molecular weight is 310 g/mol. The standard InChI is InChI=1S/C17H30N2O3/c1-13-11-14(18-12-15-7-5-6-10-21-15)8-9-19(13)16(20)22-17(2,3)4/h6,10,13-15,18H,5,7-9,11-12H2,1-4H3. The van der Waals surface area contributed by atoms with Crippen LogP contribution in [0, 0.1) is 0 Å². The summed E-state index contributed by atoms with van der Waals surface area (Å²) in [5, 5.41) is 3.59. The molecule has 0 aromatic heterocycles. The van der Waals surface area contributed by atoms with Crippen molar-refractivity contribution in [3.05, 3.63) is 12.3 Å². The van der Waals surface area contributed by atoms with E-state index in [9.17, 15) is 4.79 Å². The lowest BCUT2D eigenvalue weighted by Crippen LogP contribution is -2.52. The predicted molar refractivity (Wildman–Crippen MR) is 86.7 cm³/mol. The Morgan fingerprint density at radius 2 is 2.18 bits per heavy atom. The van der Waals surface area contributed by atoms with Gasteiger partial charge in [0.25, 0.3) is 0 Å². The van der Waals surface area contributed by atoms with E-state index in [-0.39, 0.29) is 18.2 Å². The Bertz CT molecular complexity index is 403. The van der Waals surface area contributed by atoms with Crippen LogP contribution in [0.5, 0.6) is 0 Å². The van der Waals surface area contributed by atoms with E-state index in [1.165, 1.54) is 0 Å². The maximum absolute atomic E-state index is 12.2. The molecule has 3 atom stereocenters. The van der Waals surface area contributed by atoms with Crippen LogP contribution in [0.1, 0.15) is 53.4 Å². The van der Waals surface area contributed by atoms with Crippen molar-refractivity contribution in [1.29, 1.82) is 0 Å². The van der Waals surface area contributed by atoms with Crippen molar-refractivity contribution >= 4 is 6.09 Å². The summed E-state index contributed by atoms with van der Waals surface area (Å²) in [4.78, 5) is 14.0. The van der Waals surface area contributed by atoms with E-state index in [2.05, 4.69) is 18.3 Å². The van der Waals surface area contributed by atoms with Gasteiger partial charge in [0, 0.05) is 25.2 Å². The van der Waals surface area contributed by atoms with Crippen molar-refractivity contribution in [2.45, 2.75) is 77.2 Å². The zero-order chi connectivity index (χ0) is 16.2. The van der Waals surface area contributed by atoms with Gasteiger partial charge in [0.2, 0.25) is 0 Å². The minimum atomic E-state index is -0.433. The Hall–Kier alpha value is -1.23. The number of nitrogens with zero attached hydrogens (tertiary/aromatic N) is 1. The van der Waals surface area contributed by atoms with Gasteiger partial charge in [-0.25, -0.2) is 4.79 Å². The van der Waals surface area contributed by atoms with Crippen LogP contribution in [-0.4, -0.2) is 47.9 Å². The largest absolute Gasteiger partial charge is 0.497 e. The molecular formula is C17H30N2O3. The number of carbonyl (C=O) groups excluding carboxylic acids is 1. The first-order valence-electron chi connectivity index (χ1n) is 8.38. The zero-order valence-corrected chi connectivity index (χ0v) is 14.3. The summed E-state index contributed by atoms with van der Waals surface area (Å²) in [6.07, 6.45) is 8.06. The van der Waals surface area contributed by atoms with Gasteiger partial charge in [0.1, 0.15) is 11.7 Å². The smallest absolute Gasteiger partial charge is 0.410 e. The molecule has 1 amide bonds. The number of likely N-dealkylation sites (tertiary alicyclic amines) is 1. The highest BCUT2D eigenvalue weighted by atomic mass is 16.6. The number of carbonyl (C=O) groups is 1. The molecule has 3 unspecified atom stereocenters. The molecule has 126 valence electrons. The minimum absolute atomic E-state index is 0.195. The molecule has 0 aromatic rings. The van der Waals surface area contributed by atoms with Gasteiger partial charge in [-0.2, -0.15) is 0 Å². The summed E-state index contributed by atoms with van der Waals surface area (Å²) in [5.74, 6) is 0. The lowest BCUT2D eigenvalue weighted by molar-refractivity contribution is 0.00869. The average Bonchev–Trinajstić information content (AvgIpc) is 2.44. The maximum atomic E-state index is 12.2. The molecule has 0 aromatic carbocycles. The molecule has 0 spiro atoms. The SMILES string of the molecule is CC1CC(NCC2CCC=CO2)CCN1C(=O)OC(C)(C)C. The second-order valence-electron chi connectivity index (χ2n) is 7.36. The summed E-state index contributed by atoms with van der Waals surface area (Å²) in [6.45, 7) is 9.44. The summed E-state index contributed by atoms with van der Waals surface area (Å²) in [7, 11) is 0. The molecule has 1 N–H and O–H groups in total. The summed E-state index contributed by atoms with van der Waals surface area (Å²) < 4.78 is 11.1. The van der Waals surface area contributed by atoms with Crippen molar-refractivity contribution < 1.29 is 14.3 Å². The molecule has 0 saturated carbocycles. The lowest BCUT2D eigenvalue weighted by atomic mass is 9.98. The van der Waals surface area contributed by atoms with Crippen LogP contribution in [0.4, 0.5) is 4.79 Å². The summed E-state index contributed by atoms with van der Waals surface area (Å²) in [6, 6.07) is 0.650. The summed E-state index contributed by atoms with van der Waals surface area (Å²) in [5.41, 5.74) is -0.433. The van der Waals surface area contributed by atoms with E-state index in [4.69, 9.17) is 9.47 Å². The second-order valence-corrected chi connectivity index (χ2v) is 7.36. The molecule has 5 heteroatoms. The van der Waals surface area contributed by atoms with E-state index in [1.54, 1.807) is 0 Å². The molecule has 5 nitrogen and oxygen atoms in total. The monoisotopic (exact) mass is 310 g/mol. The summed E-state index contributed by atoms with van der Waals surface area (Å²) >= 11 is 0. The van der Waals surface area contributed by atoms with Crippen molar-refractivity contribution in [1.82, 2.24) is 10.2 Å². The Labute approximate surface area is 134 Å². The highest BCUT2D eigenvalue weighted by Crippen LogP contribution is 2.21. The van der Waals surface area contributed by atoms with Gasteiger partial charge in [-0.15, -0.1) is 0 Å². The van der Waals surface area contributed by atoms with Gasteiger partial charge >= 0.3 is 6.09 Å². The Balaban J connectivity index is 1.74. The number of hydrogen-bond donors (Lipinski definition) is 1. The Morgan fingerprint density at radius 1 is 1.41 bits per heavy atom. The normalized spacial score (nSPS) is 29.1. The fourth-order valence-electron chi connectivity index (χ4n) is 2.98. The third-order valence-corrected chi connectivity index (χ3v) is 4.16. The molecule has 1 saturated heterocycles. The van der Waals surface area contributed by atoms with Crippen LogP contribution in [0.2, 0.25) is 0 Å². The highest BCUT2D eigenvalue weighted by Gasteiger charge is 2.31. The number of rotatable bonds is 3. The van der Waals surface area contributed by atoms with Gasteiger partial charge in [0.15, 0.2) is 0 Å². The Kier molecular flexibility index (Phi) is 5.73. The lowest BCUT2D eigenvalue weighted by Gasteiger charge is -2.39. The second kappa shape index (κ2) is 7.36. The van der Waals surface area contributed by atoms with Crippen LogP contribution in [0.25, 0.3) is 0 Å². The highest BCUT2D eigenvalue weighted by molar-refractivity contribution is 5.68. The van der Waals surface area contributed by atoms with Crippen LogP contribution in [0.15, 0.2) is 12.3 Å². The van der Waals surface area contributed by atoms with Crippen LogP contribution >= 0.6 is 0 Å². The topological polar surface area (TPSA) is 50.8 Å².